The molecule has 0 rings (SSSR count). The quantitative estimate of drug-likeness (QED) is 0.464. The molecule has 0 aromatic heterocycles. The predicted octanol–water partition coefficient (Wildman–Crippen LogP) is 2.72. The molecule has 1 N–H and O–H groups in total. The van der Waals surface area contributed by atoms with E-state index in [1.54, 1.807) is 6.08 Å². The van der Waals surface area contributed by atoms with Crippen LogP contribution < -0.4 is 0 Å². The average molecular weight is 144 g/mol. The van der Waals surface area contributed by atoms with Gasteiger partial charge in [-0.05, 0) is 6.42 Å². The molecular formula is C7H10ClN. The van der Waals surface area contributed by atoms with Gasteiger partial charge in [-0.1, -0.05) is 37.3 Å². The second-order valence-electron chi connectivity index (χ2n) is 1.65. The van der Waals surface area contributed by atoms with Crippen molar-refractivity contribution < 1.29 is 0 Å². The molecule has 1 nitrogen and oxygen atoms in total. The van der Waals surface area contributed by atoms with Gasteiger partial charge in [0.2, 0.25) is 0 Å². The van der Waals surface area contributed by atoms with E-state index in [0.717, 1.165) is 6.42 Å². The van der Waals surface area contributed by atoms with Crippen LogP contribution in [0.25, 0.3) is 0 Å². The zero-order valence-electron chi connectivity index (χ0n) is 5.45. The van der Waals surface area contributed by atoms with E-state index in [2.05, 4.69) is 6.58 Å². The Kier molecular flexibility index (Phi) is 4.06. The second kappa shape index (κ2) is 4.33. The molecule has 0 aromatic rings. The lowest BCUT2D eigenvalue weighted by Gasteiger charge is -1.89. The molecule has 2 heteroatoms. The van der Waals surface area contributed by atoms with Crippen molar-refractivity contribution in [2.24, 2.45) is 0 Å². The first-order valence-corrected chi connectivity index (χ1v) is 3.16. The normalized spacial score (nSPS) is 10.0. The van der Waals surface area contributed by atoms with Crippen LogP contribution in [0, 0.1) is 5.41 Å². The summed E-state index contributed by atoms with van der Waals surface area (Å²) in [4.78, 5) is 0. The maximum atomic E-state index is 6.89. The van der Waals surface area contributed by atoms with Crippen molar-refractivity contribution in [2.75, 3.05) is 0 Å². The summed E-state index contributed by atoms with van der Waals surface area (Å²) < 4.78 is 0. The SMILES string of the molecule is C=C(/C=C\CC)C(=N)Cl. The van der Waals surface area contributed by atoms with Crippen LogP contribution in [0.4, 0.5) is 0 Å². The predicted molar refractivity (Wildman–Crippen MR) is 42.2 cm³/mol. The van der Waals surface area contributed by atoms with Gasteiger partial charge in [0.25, 0.3) is 0 Å². The molecule has 0 saturated carbocycles. The van der Waals surface area contributed by atoms with E-state index in [4.69, 9.17) is 17.0 Å². The van der Waals surface area contributed by atoms with Crippen LogP contribution in [0.15, 0.2) is 24.3 Å². The van der Waals surface area contributed by atoms with Gasteiger partial charge in [-0.25, -0.2) is 0 Å². The third-order valence-corrected chi connectivity index (χ3v) is 1.08. The lowest BCUT2D eigenvalue weighted by atomic mass is 10.3. The Morgan fingerprint density at radius 3 is 2.67 bits per heavy atom. The maximum Gasteiger partial charge on any atom is 0.127 e. The van der Waals surface area contributed by atoms with E-state index in [-0.39, 0.29) is 5.17 Å². The number of allylic oxidation sites excluding steroid dienone is 3. The Morgan fingerprint density at radius 2 is 2.33 bits per heavy atom. The van der Waals surface area contributed by atoms with Crippen LogP contribution in [0.3, 0.4) is 0 Å². The molecule has 0 bridgehead atoms. The van der Waals surface area contributed by atoms with Crippen LogP contribution in [-0.2, 0) is 0 Å². The summed E-state index contributed by atoms with van der Waals surface area (Å²) in [6, 6.07) is 0. The van der Waals surface area contributed by atoms with Gasteiger partial charge in [-0.15, -0.1) is 0 Å². The van der Waals surface area contributed by atoms with Gasteiger partial charge in [-0.2, -0.15) is 0 Å². The van der Waals surface area contributed by atoms with Gasteiger partial charge in [0.15, 0.2) is 0 Å². The third kappa shape index (κ3) is 3.98. The van der Waals surface area contributed by atoms with Crippen LogP contribution in [0.2, 0.25) is 0 Å². The van der Waals surface area contributed by atoms with Crippen LogP contribution >= 0.6 is 11.6 Å². The second-order valence-corrected chi connectivity index (χ2v) is 2.03. The molecule has 0 saturated heterocycles. The molecule has 0 aliphatic rings. The maximum absolute atomic E-state index is 6.89. The Bertz CT molecular complexity index is 147. The fourth-order valence-electron chi connectivity index (χ4n) is 0.333. The number of hydrogen-bond donors (Lipinski definition) is 1. The topological polar surface area (TPSA) is 23.9 Å². The monoisotopic (exact) mass is 143 g/mol. The highest BCUT2D eigenvalue weighted by Crippen LogP contribution is 1.99. The summed E-state index contributed by atoms with van der Waals surface area (Å²) >= 11 is 5.30. The molecule has 0 aliphatic carbocycles. The minimum absolute atomic E-state index is 0.0136. The van der Waals surface area contributed by atoms with Gasteiger partial charge in [0.1, 0.15) is 5.17 Å². The molecule has 0 atom stereocenters. The fraction of sp³-hybridized carbons (Fsp3) is 0.286. The summed E-state index contributed by atoms with van der Waals surface area (Å²) in [5, 5.41) is 6.91. The van der Waals surface area contributed by atoms with Gasteiger partial charge >= 0.3 is 0 Å². The largest absolute Gasteiger partial charge is 0.289 e. The summed E-state index contributed by atoms with van der Waals surface area (Å²) in [5.41, 5.74) is 0.568. The van der Waals surface area contributed by atoms with Crippen molar-refractivity contribution in [1.82, 2.24) is 0 Å². The summed E-state index contributed by atoms with van der Waals surface area (Å²) in [6.45, 7) is 5.56. The summed E-state index contributed by atoms with van der Waals surface area (Å²) in [7, 11) is 0. The zero-order chi connectivity index (χ0) is 7.28. The fourth-order valence-corrected chi connectivity index (χ4v) is 0.396. The first-order chi connectivity index (χ1) is 4.18. The van der Waals surface area contributed by atoms with Crippen molar-refractivity contribution in [1.29, 1.82) is 5.41 Å². The van der Waals surface area contributed by atoms with Crippen LogP contribution in [0.1, 0.15) is 13.3 Å². The number of halogens is 1. The smallest absolute Gasteiger partial charge is 0.127 e. The number of rotatable bonds is 3. The van der Waals surface area contributed by atoms with E-state index in [1.165, 1.54) is 0 Å². The Labute approximate surface area is 60.5 Å². The van der Waals surface area contributed by atoms with E-state index in [1.807, 2.05) is 13.0 Å². The molecule has 0 aliphatic heterocycles. The van der Waals surface area contributed by atoms with Crippen molar-refractivity contribution >= 4 is 16.8 Å². The van der Waals surface area contributed by atoms with E-state index >= 15 is 0 Å². The van der Waals surface area contributed by atoms with Gasteiger partial charge in [-0.3, -0.25) is 5.41 Å². The van der Waals surface area contributed by atoms with Crippen LogP contribution in [-0.4, -0.2) is 5.17 Å². The highest BCUT2D eigenvalue weighted by atomic mass is 35.5. The Balaban J connectivity index is 3.77. The highest BCUT2D eigenvalue weighted by molar-refractivity contribution is 6.69. The molecule has 9 heavy (non-hydrogen) atoms. The van der Waals surface area contributed by atoms with Gasteiger partial charge < -0.3 is 0 Å². The minimum Gasteiger partial charge on any atom is -0.289 e. The molecule has 0 radical (unpaired) electrons. The van der Waals surface area contributed by atoms with Crippen molar-refractivity contribution in [2.45, 2.75) is 13.3 Å². The molecule has 0 unspecified atom stereocenters. The lowest BCUT2D eigenvalue weighted by Crippen LogP contribution is -1.83. The Morgan fingerprint density at radius 1 is 1.78 bits per heavy atom. The first kappa shape index (κ1) is 8.44. The third-order valence-electron chi connectivity index (χ3n) is 0.837. The van der Waals surface area contributed by atoms with Crippen molar-refractivity contribution in [3.63, 3.8) is 0 Å². The zero-order valence-corrected chi connectivity index (χ0v) is 6.20. The summed E-state index contributed by atoms with van der Waals surface area (Å²) in [5.74, 6) is 0. The first-order valence-electron chi connectivity index (χ1n) is 2.78. The molecule has 50 valence electrons. The molecule has 0 amide bonds. The molecule has 0 aromatic carbocycles. The lowest BCUT2D eigenvalue weighted by molar-refractivity contribution is 1.22. The van der Waals surface area contributed by atoms with E-state index in [9.17, 15) is 0 Å². The molecule has 0 heterocycles. The van der Waals surface area contributed by atoms with Crippen molar-refractivity contribution in [3.8, 4) is 0 Å². The van der Waals surface area contributed by atoms with Crippen molar-refractivity contribution in [3.05, 3.63) is 24.3 Å². The molecule has 0 spiro atoms. The minimum atomic E-state index is 0.0136. The number of nitrogens with one attached hydrogen (secondary N) is 1. The highest BCUT2D eigenvalue weighted by Gasteiger charge is 1.89. The van der Waals surface area contributed by atoms with Gasteiger partial charge in [0, 0.05) is 5.57 Å². The van der Waals surface area contributed by atoms with E-state index in [0.29, 0.717) is 5.57 Å². The van der Waals surface area contributed by atoms with E-state index < -0.39 is 0 Å². The van der Waals surface area contributed by atoms with Gasteiger partial charge in [0.05, 0.1) is 0 Å². The Hall–Kier alpha value is -0.560. The molecular weight excluding hydrogens is 134 g/mol. The number of hydrogen-bond acceptors (Lipinski definition) is 1. The average Bonchev–Trinajstić information content (AvgIpc) is 1.82. The van der Waals surface area contributed by atoms with Crippen LogP contribution in [0.5, 0.6) is 0 Å². The standard InChI is InChI=1S/C7H10ClN/c1-3-4-5-6(2)7(8)9/h4-5,9H,2-3H2,1H3/b5-4-,9-7?. The molecule has 0 fully saturated rings. The summed E-state index contributed by atoms with van der Waals surface area (Å²) in [6.07, 6.45) is 4.61.